The fraction of sp³-hybridized carbons (Fsp3) is 0.667. The van der Waals surface area contributed by atoms with Gasteiger partial charge in [0.2, 0.25) is 0 Å². The predicted molar refractivity (Wildman–Crippen MR) is 81.9 cm³/mol. The lowest BCUT2D eigenvalue weighted by molar-refractivity contribution is 0.243. The molecule has 1 fully saturated rings. The summed E-state index contributed by atoms with van der Waals surface area (Å²) in [4.78, 5) is 0. The van der Waals surface area contributed by atoms with Crippen LogP contribution >= 0.6 is 27.3 Å². The van der Waals surface area contributed by atoms with Crippen molar-refractivity contribution in [1.29, 1.82) is 0 Å². The Hall–Kier alpha value is 0.0500. The number of thiophene rings is 1. The highest BCUT2D eigenvalue weighted by Gasteiger charge is 2.32. The molecule has 2 rings (SSSR count). The number of hydrogen-bond acceptors (Lipinski definition) is 4. The minimum Gasteiger partial charge on any atom is -0.328 e. The van der Waals surface area contributed by atoms with Crippen LogP contribution in [0.5, 0.6) is 0 Å². The van der Waals surface area contributed by atoms with Crippen LogP contribution < -0.4 is 5.73 Å². The highest BCUT2D eigenvalue weighted by atomic mass is 79.9. The van der Waals surface area contributed by atoms with Gasteiger partial charge < -0.3 is 5.73 Å². The molecular weight excluding hydrogens is 348 g/mol. The molecule has 1 aromatic heterocycles. The van der Waals surface area contributed by atoms with Gasteiger partial charge in [-0.25, -0.2) is 8.42 Å². The van der Waals surface area contributed by atoms with Crippen molar-refractivity contribution in [2.75, 3.05) is 13.1 Å². The zero-order valence-corrected chi connectivity index (χ0v) is 14.3. The Morgan fingerprint density at radius 2 is 2.26 bits per heavy atom. The molecule has 2 unspecified atom stereocenters. The SMILES string of the molecule is Cc1cc(S(=O)(=O)N2CCCC(C(C)N)C2)sc1Br. The van der Waals surface area contributed by atoms with Gasteiger partial charge in [-0.05, 0) is 60.2 Å². The number of piperidine rings is 1. The molecule has 108 valence electrons. The quantitative estimate of drug-likeness (QED) is 0.893. The van der Waals surface area contributed by atoms with E-state index in [1.807, 2.05) is 13.8 Å². The van der Waals surface area contributed by atoms with Gasteiger partial charge in [0.15, 0.2) is 0 Å². The smallest absolute Gasteiger partial charge is 0.252 e. The number of sulfonamides is 1. The maximum absolute atomic E-state index is 12.6. The molecule has 2 atom stereocenters. The van der Waals surface area contributed by atoms with Gasteiger partial charge in [-0.1, -0.05) is 0 Å². The van der Waals surface area contributed by atoms with E-state index in [-0.39, 0.29) is 12.0 Å². The van der Waals surface area contributed by atoms with E-state index in [0.717, 1.165) is 22.2 Å². The molecule has 0 amide bonds. The lowest BCUT2D eigenvalue weighted by Gasteiger charge is -2.33. The molecular formula is C12H19BrN2O2S2. The Labute approximate surface area is 127 Å². The summed E-state index contributed by atoms with van der Waals surface area (Å²) in [5, 5.41) is 0. The molecule has 0 spiro atoms. The molecule has 4 nitrogen and oxygen atoms in total. The first-order valence-electron chi connectivity index (χ1n) is 6.34. The van der Waals surface area contributed by atoms with Crippen molar-refractivity contribution in [3.05, 3.63) is 15.4 Å². The highest BCUT2D eigenvalue weighted by molar-refractivity contribution is 9.11. The zero-order valence-electron chi connectivity index (χ0n) is 11.1. The molecule has 0 aromatic carbocycles. The Kier molecular flexibility index (Phi) is 4.72. The van der Waals surface area contributed by atoms with Gasteiger partial charge in [0.1, 0.15) is 4.21 Å². The maximum atomic E-state index is 12.6. The van der Waals surface area contributed by atoms with Gasteiger partial charge in [0.05, 0.1) is 3.79 Å². The predicted octanol–water partition coefficient (Wildman–Crippen LogP) is 2.57. The second kappa shape index (κ2) is 5.81. The van der Waals surface area contributed by atoms with Gasteiger partial charge in [-0.3, -0.25) is 0 Å². The van der Waals surface area contributed by atoms with E-state index in [0.29, 0.717) is 17.3 Å². The molecule has 19 heavy (non-hydrogen) atoms. The van der Waals surface area contributed by atoms with Gasteiger partial charge in [0, 0.05) is 19.1 Å². The molecule has 0 bridgehead atoms. The standard InChI is InChI=1S/C12H19BrN2O2S2/c1-8-6-11(18-12(8)13)19(16,17)15-5-3-4-10(7-15)9(2)14/h6,9-10H,3-5,7,14H2,1-2H3. The molecule has 1 aliphatic heterocycles. The van der Waals surface area contributed by atoms with E-state index in [1.165, 1.54) is 11.3 Å². The second-order valence-electron chi connectivity index (χ2n) is 5.15. The molecule has 0 radical (unpaired) electrons. The van der Waals surface area contributed by atoms with Crippen LogP contribution in [-0.4, -0.2) is 31.9 Å². The van der Waals surface area contributed by atoms with Crippen LogP contribution in [0.4, 0.5) is 0 Å². The summed E-state index contributed by atoms with van der Waals surface area (Å²) in [5.74, 6) is 0.257. The lowest BCUT2D eigenvalue weighted by Crippen LogP contribution is -2.44. The van der Waals surface area contributed by atoms with Crippen molar-refractivity contribution in [2.24, 2.45) is 11.7 Å². The van der Waals surface area contributed by atoms with E-state index in [1.54, 1.807) is 10.4 Å². The lowest BCUT2D eigenvalue weighted by atomic mass is 9.93. The summed E-state index contributed by atoms with van der Waals surface area (Å²) in [6, 6.07) is 1.77. The topological polar surface area (TPSA) is 63.4 Å². The van der Waals surface area contributed by atoms with Crippen molar-refractivity contribution >= 4 is 37.3 Å². The number of aryl methyl sites for hydroxylation is 1. The number of halogens is 1. The van der Waals surface area contributed by atoms with E-state index in [4.69, 9.17) is 5.73 Å². The third-order valence-electron chi connectivity index (χ3n) is 3.59. The maximum Gasteiger partial charge on any atom is 0.252 e. The Morgan fingerprint density at radius 1 is 1.58 bits per heavy atom. The number of hydrogen-bond donors (Lipinski definition) is 1. The van der Waals surface area contributed by atoms with Crippen LogP contribution in [0.2, 0.25) is 0 Å². The van der Waals surface area contributed by atoms with Crippen LogP contribution in [0.15, 0.2) is 14.1 Å². The van der Waals surface area contributed by atoms with E-state index in [9.17, 15) is 8.42 Å². The molecule has 0 aliphatic carbocycles. The van der Waals surface area contributed by atoms with E-state index >= 15 is 0 Å². The monoisotopic (exact) mass is 366 g/mol. The highest BCUT2D eigenvalue weighted by Crippen LogP contribution is 2.34. The van der Waals surface area contributed by atoms with Gasteiger partial charge in [-0.2, -0.15) is 4.31 Å². The Morgan fingerprint density at radius 3 is 2.79 bits per heavy atom. The average Bonchev–Trinajstić information content (AvgIpc) is 2.70. The molecule has 7 heteroatoms. The minimum atomic E-state index is -3.36. The molecule has 1 saturated heterocycles. The number of rotatable bonds is 3. The summed E-state index contributed by atoms with van der Waals surface area (Å²) in [6.07, 6.45) is 1.90. The zero-order chi connectivity index (χ0) is 14.2. The molecule has 1 aromatic rings. The summed E-state index contributed by atoms with van der Waals surface area (Å²) >= 11 is 4.66. The van der Waals surface area contributed by atoms with Crippen molar-refractivity contribution in [3.8, 4) is 0 Å². The Balaban J connectivity index is 2.24. The van der Waals surface area contributed by atoms with Crippen LogP contribution in [0.25, 0.3) is 0 Å². The Bertz CT molecular complexity index is 535. The summed E-state index contributed by atoms with van der Waals surface area (Å²) in [5.41, 5.74) is 6.88. The molecule has 2 heterocycles. The fourth-order valence-corrected chi connectivity index (χ4v) is 6.22. The van der Waals surface area contributed by atoms with Gasteiger partial charge >= 0.3 is 0 Å². The first kappa shape index (κ1) is 15.4. The summed E-state index contributed by atoms with van der Waals surface area (Å²) in [6.45, 7) is 4.99. The average molecular weight is 367 g/mol. The van der Waals surface area contributed by atoms with Crippen molar-refractivity contribution < 1.29 is 8.42 Å². The largest absolute Gasteiger partial charge is 0.328 e. The second-order valence-corrected chi connectivity index (χ2v) is 9.68. The van der Waals surface area contributed by atoms with Crippen molar-refractivity contribution in [2.45, 2.75) is 36.9 Å². The first-order chi connectivity index (χ1) is 8.82. The van der Waals surface area contributed by atoms with Crippen LogP contribution in [0.1, 0.15) is 25.3 Å². The van der Waals surface area contributed by atoms with Crippen LogP contribution in [-0.2, 0) is 10.0 Å². The summed E-state index contributed by atoms with van der Waals surface area (Å²) in [7, 11) is -3.36. The number of nitrogens with zero attached hydrogens (tertiary/aromatic N) is 1. The van der Waals surface area contributed by atoms with Crippen molar-refractivity contribution in [1.82, 2.24) is 4.31 Å². The first-order valence-corrected chi connectivity index (χ1v) is 9.39. The molecule has 1 aliphatic rings. The van der Waals surface area contributed by atoms with Crippen molar-refractivity contribution in [3.63, 3.8) is 0 Å². The third kappa shape index (κ3) is 3.21. The molecule has 2 N–H and O–H groups in total. The number of nitrogens with two attached hydrogens (primary N) is 1. The normalized spacial score (nSPS) is 23.5. The van der Waals surface area contributed by atoms with Gasteiger partial charge in [-0.15, -0.1) is 11.3 Å². The van der Waals surface area contributed by atoms with Crippen LogP contribution in [0.3, 0.4) is 0 Å². The third-order valence-corrected chi connectivity index (χ3v) is 8.04. The van der Waals surface area contributed by atoms with E-state index in [2.05, 4.69) is 15.9 Å². The summed E-state index contributed by atoms with van der Waals surface area (Å²) < 4.78 is 28.1. The molecule has 0 saturated carbocycles. The van der Waals surface area contributed by atoms with E-state index < -0.39 is 10.0 Å². The van der Waals surface area contributed by atoms with Gasteiger partial charge in [0.25, 0.3) is 10.0 Å². The fourth-order valence-electron chi connectivity index (χ4n) is 2.31. The van der Waals surface area contributed by atoms with Crippen LogP contribution in [0, 0.1) is 12.8 Å². The minimum absolute atomic E-state index is 0.0369.